The number of rotatable bonds is 3. The summed E-state index contributed by atoms with van der Waals surface area (Å²) in [7, 11) is 0. The molecule has 0 spiro atoms. The molecule has 0 amide bonds. The molecule has 0 saturated heterocycles. The maximum absolute atomic E-state index is 10.5. The molecule has 0 N–H and O–H groups in total. The molecule has 0 rings (SSSR count). The van der Waals surface area contributed by atoms with E-state index in [4.69, 9.17) is 11.6 Å². The van der Waals surface area contributed by atoms with Gasteiger partial charge in [-0.15, -0.1) is 0 Å². The van der Waals surface area contributed by atoms with Crippen molar-refractivity contribution >= 4 is 16.8 Å². The standard InChI is InChI=1S/C7H11ClO/c1-3-5-6(4-2)7(8)9/h5H,3-4H2,1-2H3/b6-5+. The van der Waals surface area contributed by atoms with Crippen molar-refractivity contribution in [2.45, 2.75) is 26.7 Å². The van der Waals surface area contributed by atoms with Gasteiger partial charge in [0.05, 0.1) is 0 Å². The first-order valence-corrected chi connectivity index (χ1v) is 3.49. The van der Waals surface area contributed by atoms with E-state index in [-0.39, 0.29) is 5.24 Å². The minimum Gasteiger partial charge on any atom is -0.276 e. The first-order chi connectivity index (χ1) is 4.22. The van der Waals surface area contributed by atoms with Crippen molar-refractivity contribution in [3.63, 3.8) is 0 Å². The average molecular weight is 147 g/mol. The molecule has 0 heterocycles. The third-order valence-corrected chi connectivity index (χ3v) is 1.33. The fraction of sp³-hybridized carbons (Fsp3) is 0.571. The Bertz CT molecular complexity index is 127. The van der Waals surface area contributed by atoms with Crippen LogP contribution in [-0.4, -0.2) is 5.24 Å². The first-order valence-electron chi connectivity index (χ1n) is 3.11. The van der Waals surface area contributed by atoms with Crippen molar-refractivity contribution in [1.82, 2.24) is 0 Å². The maximum atomic E-state index is 10.5. The van der Waals surface area contributed by atoms with Crippen LogP contribution in [0.5, 0.6) is 0 Å². The Morgan fingerprint density at radius 2 is 2.11 bits per heavy atom. The van der Waals surface area contributed by atoms with Gasteiger partial charge in [0.1, 0.15) is 0 Å². The SMILES string of the molecule is CC/C=C(\CC)C(=O)Cl. The summed E-state index contributed by atoms with van der Waals surface area (Å²) < 4.78 is 0. The Balaban J connectivity index is 3.98. The molecule has 1 nitrogen and oxygen atoms in total. The number of halogens is 1. The van der Waals surface area contributed by atoms with E-state index in [1.54, 1.807) is 0 Å². The molecular weight excluding hydrogens is 136 g/mol. The lowest BCUT2D eigenvalue weighted by atomic mass is 10.2. The number of carbonyl (C=O) groups is 1. The molecule has 0 aliphatic heterocycles. The molecule has 0 aromatic carbocycles. The molecule has 52 valence electrons. The third-order valence-electron chi connectivity index (χ3n) is 1.08. The molecule has 0 atom stereocenters. The van der Waals surface area contributed by atoms with E-state index in [2.05, 4.69) is 0 Å². The lowest BCUT2D eigenvalue weighted by Gasteiger charge is -1.92. The van der Waals surface area contributed by atoms with E-state index in [1.807, 2.05) is 19.9 Å². The lowest BCUT2D eigenvalue weighted by Crippen LogP contribution is -1.90. The molecule has 0 radical (unpaired) electrons. The second kappa shape index (κ2) is 4.57. The summed E-state index contributed by atoms with van der Waals surface area (Å²) in [5.74, 6) is 0. The molecule has 0 saturated carbocycles. The summed E-state index contributed by atoms with van der Waals surface area (Å²) in [6, 6.07) is 0. The van der Waals surface area contributed by atoms with Crippen LogP contribution in [0.3, 0.4) is 0 Å². The van der Waals surface area contributed by atoms with E-state index in [0.717, 1.165) is 18.4 Å². The molecule has 9 heavy (non-hydrogen) atoms. The second-order valence-corrected chi connectivity index (χ2v) is 2.11. The van der Waals surface area contributed by atoms with Crippen molar-refractivity contribution < 1.29 is 4.79 Å². The van der Waals surface area contributed by atoms with Gasteiger partial charge in [-0.2, -0.15) is 0 Å². The molecule has 0 fully saturated rings. The topological polar surface area (TPSA) is 17.1 Å². The maximum Gasteiger partial charge on any atom is 0.248 e. The molecule has 2 heteroatoms. The van der Waals surface area contributed by atoms with Crippen LogP contribution in [0.4, 0.5) is 0 Å². The first kappa shape index (κ1) is 8.70. The van der Waals surface area contributed by atoms with Gasteiger partial charge >= 0.3 is 0 Å². The predicted molar refractivity (Wildman–Crippen MR) is 39.5 cm³/mol. The van der Waals surface area contributed by atoms with Gasteiger partial charge in [-0.1, -0.05) is 19.9 Å². The summed E-state index contributed by atoms with van der Waals surface area (Å²) in [5, 5.41) is -0.320. The number of carbonyl (C=O) groups excluding carboxylic acids is 1. The third kappa shape index (κ3) is 3.31. The highest BCUT2D eigenvalue weighted by Crippen LogP contribution is 2.05. The van der Waals surface area contributed by atoms with Crippen molar-refractivity contribution in [1.29, 1.82) is 0 Å². The molecule has 0 aliphatic carbocycles. The van der Waals surface area contributed by atoms with E-state index >= 15 is 0 Å². The minimum absolute atomic E-state index is 0.320. The van der Waals surface area contributed by atoms with Gasteiger partial charge < -0.3 is 0 Å². The second-order valence-electron chi connectivity index (χ2n) is 1.76. The van der Waals surface area contributed by atoms with Crippen molar-refractivity contribution in [2.75, 3.05) is 0 Å². The Labute approximate surface area is 60.7 Å². The zero-order chi connectivity index (χ0) is 7.28. The van der Waals surface area contributed by atoms with Gasteiger partial charge in [0, 0.05) is 5.57 Å². The van der Waals surface area contributed by atoms with Crippen molar-refractivity contribution in [3.8, 4) is 0 Å². The number of hydrogen-bond acceptors (Lipinski definition) is 1. The number of hydrogen-bond donors (Lipinski definition) is 0. The smallest absolute Gasteiger partial charge is 0.248 e. The molecule has 0 aliphatic rings. The molecule has 0 aromatic rings. The van der Waals surface area contributed by atoms with E-state index in [1.165, 1.54) is 0 Å². The molecule has 0 aromatic heterocycles. The zero-order valence-electron chi connectivity index (χ0n) is 5.78. The average Bonchev–Trinajstić information content (AvgIpc) is 1.82. The lowest BCUT2D eigenvalue weighted by molar-refractivity contribution is -0.108. The van der Waals surface area contributed by atoms with Gasteiger partial charge in [0.2, 0.25) is 5.24 Å². The van der Waals surface area contributed by atoms with E-state index < -0.39 is 0 Å². The quantitative estimate of drug-likeness (QED) is 0.442. The fourth-order valence-corrected chi connectivity index (χ4v) is 0.821. The van der Waals surface area contributed by atoms with E-state index in [0.29, 0.717) is 0 Å². The summed E-state index contributed by atoms with van der Waals surface area (Å²) >= 11 is 5.22. The number of allylic oxidation sites excluding steroid dienone is 2. The van der Waals surface area contributed by atoms with Gasteiger partial charge in [0.15, 0.2) is 0 Å². The highest BCUT2D eigenvalue weighted by atomic mass is 35.5. The van der Waals surface area contributed by atoms with E-state index in [9.17, 15) is 4.79 Å². The van der Waals surface area contributed by atoms with Gasteiger partial charge in [0.25, 0.3) is 0 Å². The summed E-state index contributed by atoms with van der Waals surface area (Å²) in [6.07, 6.45) is 3.47. The predicted octanol–water partition coefficient (Wildman–Crippen LogP) is 2.50. The summed E-state index contributed by atoms with van der Waals surface area (Å²) in [4.78, 5) is 10.5. The van der Waals surface area contributed by atoms with Crippen molar-refractivity contribution in [2.24, 2.45) is 0 Å². The van der Waals surface area contributed by atoms with Gasteiger partial charge in [-0.3, -0.25) is 4.79 Å². The van der Waals surface area contributed by atoms with Crippen LogP contribution >= 0.6 is 11.6 Å². The van der Waals surface area contributed by atoms with Gasteiger partial charge in [-0.05, 0) is 24.4 Å². The minimum atomic E-state index is -0.320. The Hall–Kier alpha value is -0.300. The molecular formula is C7H11ClO. The fourth-order valence-electron chi connectivity index (χ4n) is 0.610. The van der Waals surface area contributed by atoms with Crippen LogP contribution in [0.25, 0.3) is 0 Å². The highest BCUT2D eigenvalue weighted by Gasteiger charge is 1.99. The Morgan fingerprint density at radius 1 is 1.56 bits per heavy atom. The van der Waals surface area contributed by atoms with Gasteiger partial charge in [-0.25, -0.2) is 0 Å². The van der Waals surface area contributed by atoms with Crippen LogP contribution in [0.15, 0.2) is 11.6 Å². The highest BCUT2D eigenvalue weighted by molar-refractivity contribution is 6.67. The van der Waals surface area contributed by atoms with Crippen LogP contribution < -0.4 is 0 Å². The largest absolute Gasteiger partial charge is 0.276 e. The summed E-state index contributed by atoms with van der Waals surface area (Å²) in [5.41, 5.74) is 0.721. The van der Waals surface area contributed by atoms with Crippen LogP contribution in [0, 0.1) is 0 Å². The van der Waals surface area contributed by atoms with Crippen LogP contribution in [0.1, 0.15) is 26.7 Å². The summed E-state index contributed by atoms with van der Waals surface area (Å²) in [6.45, 7) is 3.90. The van der Waals surface area contributed by atoms with Crippen LogP contribution in [0.2, 0.25) is 0 Å². The zero-order valence-corrected chi connectivity index (χ0v) is 6.53. The van der Waals surface area contributed by atoms with Crippen molar-refractivity contribution in [3.05, 3.63) is 11.6 Å². The normalized spacial score (nSPS) is 11.7. The Morgan fingerprint density at radius 3 is 2.22 bits per heavy atom. The molecule has 0 unspecified atom stereocenters. The molecule has 0 bridgehead atoms. The Kier molecular flexibility index (Phi) is 4.41. The monoisotopic (exact) mass is 146 g/mol. The van der Waals surface area contributed by atoms with Crippen LogP contribution in [-0.2, 0) is 4.79 Å².